The lowest BCUT2D eigenvalue weighted by Gasteiger charge is -2.26. The highest BCUT2D eigenvalue weighted by Crippen LogP contribution is 2.18. The third-order valence-electron chi connectivity index (χ3n) is 2.80. The topological polar surface area (TPSA) is 60.9 Å². The summed E-state index contributed by atoms with van der Waals surface area (Å²) >= 11 is 0. The molecule has 19 heavy (non-hydrogen) atoms. The molecule has 1 unspecified atom stereocenters. The van der Waals surface area contributed by atoms with E-state index < -0.39 is 23.7 Å². The monoisotopic (exact) mass is 268 g/mol. The van der Waals surface area contributed by atoms with Gasteiger partial charge in [-0.1, -0.05) is 19.1 Å². The minimum Gasteiger partial charge on any atom is -0.481 e. The Morgan fingerprint density at radius 1 is 1.32 bits per heavy atom. The molecule has 0 saturated carbocycles. The minimum absolute atomic E-state index is 0.0625. The van der Waals surface area contributed by atoms with Gasteiger partial charge in [0.05, 0.1) is 11.6 Å². The smallest absolute Gasteiger partial charge is 0.324 e. The van der Waals surface area contributed by atoms with Gasteiger partial charge in [-0.15, -0.1) is 0 Å². The van der Waals surface area contributed by atoms with Crippen LogP contribution in [0.4, 0.5) is 14.9 Å². The van der Waals surface area contributed by atoms with E-state index in [9.17, 15) is 14.0 Å². The number of carboxylic acid groups (broad SMARTS) is 1. The summed E-state index contributed by atoms with van der Waals surface area (Å²) in [6.45, 7) is 1.57. The predicted molar refractivity (Wildman–Crippen MR) is 69.6 cm³/mol. The second kappa shape index (κ2) is 6.17. The van der Waals surface area contributed by atoms with Gasteiger partial charge in [0.1, 0.15) is 5.82 Å². The molecule has 0 spiro atoms. The number of urea groups is 1. The molecule has 0 aliphatic rings. The number of carbonyl (C=O) groups is 2. The molecule has 0 heterocycles. The molecule has 1 aromatic rings. The van der Waals surface area contributed by atoms with Crippen LogP contribution in [0.2, 0.25) is 0 Å². The summed E-state index contributed by atoms with van der Waals surface area (Å²) in [5, 5.41) is 8.80. The van der Waals surface area contributed by atoms with Gasteiger partial charge in [-0.3, -0.25) is 9.69 Å². The third kappa shape index (κ3) is 3.67. The van der Waals surface area contributed by atoms with Crippen molar-refractivity contribution in [2.45, 2.75) is 6.92 Å². The van der Waals surface area contributed by atoms with Crippen LogP contribution < -0.4 is 4.90 Å². The fraction of sp³-hybridized carbons (Fsp3) is 0.385. The molecule has 5 nitrogen and oxygen atoms in total. The molecular formula is C13H17FN2O3. The standard InChI is InChI=1S/C13H17FN2O3/c1-9(12(17)18)8-15(2)13(19)16(3)11-7-5-4-6-10(11)14/h4-7,9H,8H2,1-3H3,(H,17,18). The normalized spacial score (nSPS) is 11.8. The predicted octanol–water partition coefficient (Wildman–Crippen LogP) is 2.03. The van der Waals surface area contributed by atoms with E-state index in [0.29, 0.717) is 0 Å². The summed E-state index contributed by atoms with van der Waals surface area (Å²) in [5.74, 6) is -2.16. The summed E-state index contributed by atoms with van der Waals surface area (Å²) in [7, 11) is 2.93. The molecule has 1 atom stereocenters. The zero-order valence-electron chi connectivity index (χ0n) is 11.1. The van der Waals surface area contributed by atoms with Crippen LogP contribution in [-0.4, -0.2) is 42.6 Å². The fourth-order valence-electron chi connectivity index (χ4n) is 1.65. The van der Waals surface area contributed by atoms with Crippen LogP contribution in [0.25, 0.3) is 0 Å². The first-order chi connectivity index (χ1) is 8.84. The molecule has 0 aromatic heterocycles. The molecule has 1 N–H and O–H groups in total. The van der Waals surface area contributed by atoms with Crippen LogP contribution in [-0.2, 0) is 4.79 Å². The highest BCUT2D eigenvalue weighted by Gasteiger charge is 2.22. The largest absolute Gasteiger partial charge is 0.481 e. The molecule has 0 fully saturated rings. The first-order valence-electron chi connectivity index (χ1n) is 5.80. The summed E-state index contributed by atoms with van der Waals surface area (Å²) in [6.07, 6.45) is 0. The van der Waals surface area contributed by atoms with Crippen molar-refractivity contribution in [1.82, 2.24) is 4.90 Å². The SMILES string of the molecule is CC(CN(C)C(=O)N(C)c1ccccc1F)C(=O)O. The Labute approximate surface area is 111 Å². The zero-order chi connectivity index (χ0) is 14.6. The van der Waals surface area contributed by atoms with E-state index in [1.54, 1.807) is 6.07 Å². The average Bonchev–Trinajstić information content (AvgIpc) is 2.37. The molecule has 1 rings (SSSR count). The van der Waals surface area contributed by atoms with Crippen molar-refractivity contribution in [2.75, 3.05) is 25.5 Å². The number of nitrogens with zero attached hydrogens (tertiary/aromatic N) is 2. The Balaban J connectivity index is 2.77. The Hall–Kier alpha value is -2.11. The lowest BCUT2D eigenvalue weighted by Crippen LogP contribution is -2.42. The van der Waals surface area contributed by atoms with Crippen molar-refractivity contribution in [2.24, 2.45) is 5.92 Å². The van der Waals surface area contributed by atoms with Gasteiger partial charge in [0.2, 0.25) is 0 Å². The van der Waals surface area contributed by atoms with Gasteiger partial charge < -0.3 is 10.0 Å². The molecule has 104 valence electrons. The van der Waals surface area contributed by atoms with E-state index in [-0.39, 0.29) is 12.2 Å². The molecule has 0 radical (unpaired) electrons. The maximum atomic E-state index is 13.5. The number of benzene rings is 1. The zero-order valence-corrected chi connectivity index (χ0v) is 11.1. The summed E-state index contributed by atoms with van der Waals surface area (Å²) in [4.78, 5) is 25.2. The lowest BCUT2D eigenvalue weighted by molar-refractivity contribution is -0.141. The number of carboxylic acids is 1. The van der Waals surface area contributed by atoms with E-state index in [2.05, 4.69) is 0 Å². The number of hydrogen-bond acceptors (Lipinski definition) is 2. The van der Waals surface area contributed by atoms with E-state index in [1.165, 1.54) is 44.1 Å². The lowest BCUT2D eigenvalue weighted by atomic mass is 10.2. The number of carbonyl (C=O) groups excluding carboxylic acids is 1. The van der Waals surface area contributed by atoms with Gasteiger partial charge in [0, 0.05) is 20.6 Å². The number of rotatable bonds is 4. The van der Waals surface area contributed by atoms with Crippen molar-refractivity contribution >= 4 is 17.7 Å². The van der Waals surface area contributed by atoms with Crippen molar-refractivity contribution < 1.29 is 19.1 Å². The van der Waals surface area contributed by atoms with Crippen molar-refractivity contribution in [3.63, 3.8) is 0 Å². The van der Waals surface area contributed by atoms with Crippen molar-refractivity contribution in [3.8, 4) is 0 Å². The van der Waals surface area contributed by atoms with Gasteiger partial charge >= 0.3 is 12.0 Å². The molecule has 1 aromatic carbocycles. The van der Waals surface area contributed by atoms with Gasteiger partial charge in [0.25, 0.3) is 0 Å². The van der Waals surface area contributed by atoms with Crippen LogP contribution in [0.15, 0.2) is 24.3 Å². The Morgan fingerprint density at radius 2 is 1.89 bits per heavy atom. The van der Waals surface area contributed by atoms with Crippen LogP contribution in [0, 0.1) is 11.7 Å². The summed E-state index contributed by atoms with van der Waals surface area (Å²) < 4.78 is 13.5. The maximum absolute atomic E-state index is 13.5. The van der Waals surface area contributed by atoms with E-state index in [4.69, 9.17) is 5.11 Å². The number of aliphatic carboxylic acids is 1. The molecule has 6 heteroatoms. The highest BCUT2D eigenvalue weighted by atomic mass is 19.1. The number of para-hydroxylation sites is 1. The molecule has 0 saturated heterocycles. The quantitative estimate of drug-likeness (QED) is 0.909. The number of amides is 2. The molecule has 2 amide bonds. The number of anilines is 1. The van der Waals surface area contributed by atoms with Crippen molar-refractivity contribution in [1.29, 1.82) is 0 Å². The molecule has 0 aliphatic carbocycles. The maximum Gasteiger partial charge on any atom is 0.324 e. The van der Waals surface area contributed by atoms with Gasteiger partial charge in [-0.25, -0.2) is 9.18 Å². The second-order valence-corrected chi connectivity index (χ2v) is 4.41. The Bertz CT molecular complexity index is 479. The van der Waals surface area contributed by atoms with Gasteiger partial charge in [-0.05, 0) is 12.1 Å². The first kappa shape index (κ1) is 14.9. The van der Waals surface area contributed by atoms with E-state index >= 15 is 0 Å². The van der Waals surface area contributed by atoms with Crippen molar-refractivity contribution in [3.05, 3.63) is 30.1 Å². The Kier molecular flexibility index (Phi) is 4.86. The third-order valence-corrected chi connectivity index (χ3v) is 2.80. The molecule has 0 aliphatic heterocycles. The highest BCUT2D eigenvalue weighted by molar-refractivity contribution is 5.91. The first-order valence-corrected chi connectivity index (χ1v) is 5.80. The van der Waals surface area contributed by atoms with Crippen LogP contribution in [0.5, 0.6) is 0 Å². The van der Waals surface area contributed by atoms with E-state index in [1.807, 2.05) is 0 Å². The fourth-order valence-corrected chi connectivity index (χ4v) is 1.65. The molecular weight excluding hydrogens is 251 g/mol. The molecule has 0 bridgehead atoms. The average molecular weight is 268 g/mol. The van der Waals surface area contributed by atoms with Crippen LogP contribution in [0.1, 0.15) is 6.92 Å². The van der Waals surface area contributed by atoms with E-state index in [0.717, 1.165) is 4.90 Å². The summed E-state index contributed by atoms with van der Waals surface area (Å²) in [5.41, 5.74) is 0.155. The van der Waals surface area contributed by atoms with Crippen LogP contribution >= 0.6 is 0 Å². The Morgan fingerprint density at radius 3 is 2.42 bits per heavy atom. The number of halogens is 1. The second-order valence-electron chi connectivity index (χ2n) is 4.41. The summed E-state index contributed by atoms with van der Waals surface area (Å²) in [6, 6.07) is 5.45. The van der Waals surface area contributed by atoms with Gasteiger partial charge in [0.15, 0.2) is 0 Å². The number of hydrogen-bond donors (Lipinski definition) is 1. The van der Waals surface area contributed by atoms with Gasteiger partial charge in [-0.2, -0.15) is 0 Å². The van der Waals surface area contributed by atoms with Crippen LogP contribution in [0.3, 0.4) is 0 Å². The minimum atomic E-state index is -0.979.